The smallest absolute Gasteiger partial charge is 0.127 e. The Morgan fingerprint density at radius 1 is 0.917 bits per heavy atom. The van der Waals surface area contributed by atoms with Gasteiger partial charge in [0.05, 0.1) is 6.04 Å². The van der Waals surface area contributed by atoms with E-state index in [-0.39, 0.29) is 0 Å². The van der Waals surface area contributed by atoms with E-state index in [2.05, 4.69) is 32.0 Å². The monoisotopic (exact) mass is 326 g/mol. The van der Waals surface area contributed by atoms with Gasteiger partial charge >= 0.3 is 0 Å². The lowest BCUT2D eigenvalue weighted by atomic mass is 10.1. The van der Waals surface area contributed by atoms with Gasteiger partial charge in [-0.15, -0.1) is 0 Å². The summed E-state index contributed by atoms with van der Waals surface area (Å²) in [6.07, 6.45) is 1.28. The fourth-order valence-electron chi connectivity index (χ4n) is 3.52. The van der Waals surface area contributed by atoms with E-state index >= 15 is 0 Å². The second kappa shape index (κ2) is 8.32. The number of rotatable bonds is 6. The van der Waals surface area contributed by atoms with Crippen LogP contribution in [0.2, 0.25) is 0 Å². The lowest BCUT2D eigenvalue weighted by molar-refractivity contribution is -1.03. The third-order valence-corrected chi connectivity index (χ3v) is 5.24. The van der Waals surface area contributed by atoms with Crippen molar-refractivity contribution in [2.45, 2.75) is 32.9 Å². The highest BCUT2D eigenvalue weighted by molar-refractivity contribution is 5.33. The van der Waals surface area contributed by atoms with Gasteiger partial charge in [0, 0.05) is 5.56 Å². The summed E-state index contributed by atoms with van der Waals surface area (Å²) in [5.74, 6) is 1.83. The number of benzene rings is 2. The van der Waals surface area contributed by atoms with E-state index in [0.717, 1.165) is 24.1 Å². The van der Waals surface area contributed by atoms with Crippen LogP contribution in [0.25, 0.3) is 0 Å². The van der Waals surface area contributed by atoms with Crippen molar-refractivity contribution in [1.29, 1.82) is 0 Å². The molecule has 0 saturated carbocycles. The molecule has 3 rings (SSSR count). The van der Waals surface area contributed by atoms with Crippen molar-refractivity contribution < 1.29 is 14.5 Å². The molecule has 1 heterocycles. The molecule has 1 saturated heterocycles. The van der Waals surface area contributed by atoms with E-state index in [4.69, 9.17) is 4.74 Å². The van der Waals surface area contributed by atoms with Gasteiger partial charge in [-0.2, -0.15) is 0 Å². The first-order chi connectivity index (χ1) is 11.7. The van der Waals surface area contributed by atoms with Crippen LogP contribution in [0.1, 0.15) is 25.8 Å². The molecule has 2 N–H and O–H groups in total. The van der Waals surface area contributed by atoms with Crippen LogP contribution in [0, 0.1) is 0 Å². The largest absolute Gasteiger partial charge is 0.457 e. The van der Waals surface area contributed by atoms with E-state index in [0.29, 0.717) is 0 Å². The normalized spacial score (nSPS) is 22.1. The van der Waals surface area contributed by atoms with Crippen LogP contribution in [-0.4, -0.2) is 32.2 Å². The molecule has 0 aromatic heterocycles. The van der Waals surface area contributed by atoms with Crippen molar-refractivity contribution in [3.8, 4) is 11.5 Å². The van der Waals surface area contributed by atoms with Crippen LogP contribution >= 0.6 is 0 Å². The number of para-hydroxylation sites is 1. The SMILES string of the molecule is CC[C@@H](C)[NH+]1CC[NH+](Cc2cccc(Oc3ccccc3)c2)CC1. The number of piperazine rings is 1. The summed E-state index contributed by atoms with van der Waals surface area (Å²) in [6.45, 7) is 10.9. The highest BCUT2D eigenvalue weighted by atomic mass is 16.5. The molecule has 1 aliphatic heterocycles. The van der Waals surface area contributed by atoms with Crippen molar-refractivity contribution in [3.63, 3.8) is 0 Å². The molecule has 24 heavy (non-hydrogen) atoms. The fraction of sp³-hybridized carbons (Fsp3) is 0.429. The van der Waals surface area contributed by atoms with Crippen LogP contribution in [0.5, 0.6) is 11.5 Å². The Labute approximate surface area is 145 Å². The predicted molar refractivity (Wildman–Crippen MR) is 97.8 cm³/mol. The summed E-state index contributed by atoms with van der Waals surface area (Å²) in [4.78, 5) is 3.47. The van der Waals surface area contributed by atoms with Gasteiger partial charge in [0.25, 0.3) is 0 Å². The van der Waals surface area contributed by atoms with Gasteiger partial charge in [0.15, 0.2) is 0 Å². The van der Waals surface area contributed by atoms with Gasteiger partial charge in [0.1, 0.15) is 44.2 Å². The summed E-state index contributed by atoms with van der Waals surface area (Å²) in [5, 5.41) is 0. The molecular weight excluding hydrogens is 296 g/mol. The quantitative estimate of drug-likeness (QED) is 0.824. The zero-order valence-corrected chi connectivity index (χ0v) is 14.9. The van der Waals surface area contributed by atoms with Gasteiger partial charge in [-0.3, -0.25) is 0 Å². The first-order valence-corrected chi connectivity index (χ1v) is 9.24. The lowest BCUT2D eigenvalue weighted by Crippen LogP contribution is -3.29. The molecule has 2 aromatic rings. The molecule has 0 aliphatic carbocycles. The Morgan fingerprint density at radius 2 is 1.62 bits per heavy atom. The third kappa shape index (κ3) is 4.59. The molecule has 0 spiro atoms. The third-order valence-electron chi connectivity index (χ3n) is 5.24. The lowest BCUT2D eigenvalue weighted by Gasteiger charge is -2.33. The zero-order valence-electron chi connectivity index (χ0n) is 14.9. The second-order valence-electron chi connectivity index (χ2n) is 6.96. The average molecular weight is 326 g/mol. The van der Waals surface area contributed by atoms with Crippen LogP contribution in [0.15, 0.2) is 54.6 Å². The Kier molecular flexibility index (Phi) is 5.89. The topological polar surface area (TPSA) is 18.1 Å². The molecule has 3 nitrogen and oxygen atoms in total. The number of hydrogen-bond acceptors (Lipinski definition) is 1. The number of hydrogen-bond donors (Lipinski definition) is 2. The number of quaternary nitrogens is 2. The molecule has 0 unspecified atom stereocenters. The minimum Gasteiger partial charge on any atom is -0.457 e. The molecule has 2 aromatic carbocycles. The fourth-order valence-corrected chi connectivity index (χ4v) is 3.52. The Bertz CT molecular complexity index is 621. The van der Waals surface area contributed by atoms with Crippen LogP contribution < -0.4 is 14.5 Å². The maximum Gasteiger partial charge on any atom is 0.127 e. The molecule has 1 fully saturated rings. The van der Waals surface area contributed by atoms with Gasteiger partial charge in [0.2, 0.25) is 0 Å². The van der Waals surface area contributed by atoms with Crippen LogP contribution in [0.3, 0.4) is 0 Å². The summed E-state index contributed by atoms with van der Waals surface area (Å²) < 4.78 is 5.96. The predicted octanol–water partition coefficient (Wildman–Crippen LogP) is 1.56. The van der Waals surface area contributed by atoms with E-state index in [1.54, 1.807) is 9.80 Å². The zero-order chi connectivity index (χ0) is 16.8. The highest BCUT2D eigenvalue weighted by Gasteiger charge is 2.25. The van der Waals surface area contributed by atoms with Gasteiger partial charge in [-0.1, -0.05) is 37.3 Å². The molecule has 1 aliphatic rings. The molecule has 0 bridgehead atoms. The summed E-state index contributed by atoms with van der Waals surface area (Å²) >= 11 is 0. The van der Waals surface area contributed by atoms with Crippen LogP contribution in [0.4, 0.5) is 0 Å². The minimum absolute atomic E-state index is 0.800. The summed E-state index contributed by atoms with van der Waals surface area (Å²) in [6, 6.07) is 19.4. The second-order valence-corrected chi connectivity index (χ2v) is 6.96. The van der Waals surface area contributed by atoms with Crippen molar-refractivity contribution >= 4 is 0 Å². The van der Waals surface area contributed by atoms with Gasteiger partial charge in [-0.05, 0) is 37.6 Å². The van der Waals surface area contributed by atoms with Crippen molar-refractivity contribution in [3.05, 3.63) is 60.2 Å². The molecule has 0 radical (unpaired) electrons. The maximum absolute atomic E-state index is 5.96. The number of nitrogens with one attached hydrogen (secondary N) is 2. The Hall–Kier alpha value is -1.84. The van der Waals surface area contributed by atoms with E-state index < -0.39 is 0 Å². The summed E-state index contributed by atoms with van der Waals surface area (Å²) in [7, 11) is 0. The molecule has 0 amide bonds. The average Bonchev–Trinajstić information content (AvgIpc) is 2.63. The first kappa shape index (κ1) is 17.0. The maximum atomic E-state index is 5.96. The van der Waals surface area contributed by atoms with Gasteiger partial charge < -0.3 is 14.5 Å². The van der Waals surface area contributed by atoms with E-state index in [1.165, 1.54) is 38.2 Å². The Balaban J connectivity index is 1.56. The van der Waals surface area contributed by atoms with Crippen molar-refractivity contribution in [2.24, 2.45) is 0 Å². The van der Waals surface area contributed by atoms with Crippen molar-refractivity contribution in [1.82, 2.24) is 0 Å². The minimum atomic E-state index is 0.800. The van der Waals surface area contributed by atoms with Crippen molar-refractivity contribution in [2.75, 3.05) is 26.2 Å². The standard InChI is InChI=1S/C21H28N2O/c1-3-18(2)23-14-12-22(13-15-23)17-19-8-7-11-21(16-19)24-20-9-5-4-6-10-20/h4-11,16,18H,3,12-15,17H2,1-2H3/p+2/t18-/m1/s1. The highest BCUT2D eigenvalue weighted by Crippen LogP contribution is 2.21. The van der Waals surface area contributed by atoms with E-state index in [9.17, 15) is 0 Å². The Morgan fingerprint density at radius 3 is 2.33 bits per heavy atom. The van der Waals surface area contributed by atoms with Gasteiger partial charge in [-0.25, -0.2) is 0 Å². The summed E-state index contributed by atoms with van der Waals surface area (Å²) in [5.41, 5.74) is 1.37. The first-order valence-electron chi connectivity index (χ1n) is 9.24. The molecule has 3 heteroatoms. The molecule has 1 atom stereocenters. The van der Waals surface area contributed by atoms with Crippen LogP contribution in [-0.2, 0) is 6.54 Å². The number of ether oxygens (including phenoxy) is 1. The molecule has 128 valence electrons. The molecular formula is C21H30N2O+2. The van der Waals surface area contributed by atoms with E-state index in [1.807, 2.05) is 36.4 Å².